The van der Waals surface area contributed by atoms with Gasteiger partial charge in [-0.25, -0.2) is 4.79 Å². The molecular formula is C18H19N3O3. The monoisotopic (exact) mass is 325 g/mol. The number of benzene rings is 2. The predicted octanol–water partition coefficient (Wildman–Crippen LogP) is 2.13. The molecule has 0 unspecified atom stereocenters. The van der Waals surface area contributed by atoms with Crippen LogP contribution in [0.4, 0.5) is 5.69 Å². The number of nitrogens with one attached hydrogen (secondary N) is 1. The summed E-state index contributed by atoms with van der Waals surface area (Å²) in [5.41, 5.74) is 3.73. The second kappa shape index (κ2) is 6.23. The Labute approximate surface area is 139 Å². The van der Waals surface area contributed by atoms with Gasteiger partial charge in [-0.05, 0) is 35.9 Å². The molecule has 124 valence electrons. The zero-order chi connectivity index (χ0) is 17.3. The fraction of sp³-hybridized carbons (Fsp3) is 0.222. The van der Waals surface area contributed by atoms with Gasteiger partial charge < -0.3 is 14.6 Å². The molecule has 1 amide bonds. The van der Waals surface area contributed by atoms with E-state index in [0.29, 0.717) is 23.2 Å². The van der Waals surface area contributed by atoms with E-state index in [4.69, 9.17) is 4.42 Å². The first-order valence-electron chi connectivity index (χ1n) is 7.60. The summed E-state index contributed by atoms with van der Waals surface area (Å²) in [6, 6.07) is 12.9. The Balaban J connectivity index is 1.75. The molecule has 24 heavy (non-hydrogen) atoms. The van der Waals surface area contributed by atoms with Crippen LogP contribution >= 0.6 is 0 Å². The Bertz CT molecular complexity index is 954. The molecule has 0 radical (unpaired) electrons. The number of aromatic nitrogens is 1. The van der Waals surface area contributed by atoms with Crippen LogP contribution < -0.4 is 16.0 Å². The molecule has 1 N–H and O–H groups in total. The van der Waals surface area contributed by atoms with Gasteiger partial charge in [0.2, 0.25) is 0 Å². The highest BCUT2D eigenvalue weighted by molar-refractivity contribution is 5.95. The first-order valence-corrected chi connectivity index (χ1v) is 7.60. The third-order valence-electron chi connectivity index (χ3n) is 3.93. The highest BCUT2D eigenvalue weighted by Crippen LogP contribution is 2.15. The van der Waals surface area contributed by atoms with Crippen LogP contribution in [0.15, 0.2) is 51.7 Å². The summed E-state index contributed by atoms with van der Waals surface area (Å²) in [7, 11) is 5.52. The molecule has 0 bridgehead atoms. The van der Waals surface area contributed by atoms with Crippen LogP contribution in [-0.4, -0.2) is 24.6 Å². The number of hydrogen-bond acceptors (Lipinski definition) is 4. The predicted molar refractivity (Wildman–Crippen MR) is 93.4 cm³/mol. The molecule has 1 aromatic heterocycles. The SMILES string of the molecule is CN(C)c1cccc(C(=O)NCc2ccc3oc(=O)n(C)c3c2)c1. The highest BCUT2D eigenvalue weighted by Gasteiger charge is 2.09. The number of oxazole rings is 1. The van der Waals surface area contributed by atoms with Gasteiger partial charge in [-0.15, -0.1) is 0 Å². The van der Waals surface area contributed by atoms with Gasteiger partial charge in [0.25, 0.3) is 5.91 Å². The molecule has 0 fully saturated rings. The van der Waals surface area contributed by atoms with Crippen molar-refractivity contribution < 1.29 is 9.21 Å². The van der Waals surface area contributed by atoms with E-state index in [1.165, 1.54) is 4.57 Å². The molecule has 0 saturated heterocycles. The van der Waals surface area contributed by atoms with Gasteiger partial charge in [0.1, 0.15) is 0 Å². The largest absolute Gasteiger partial charge is 0.419 e. The number of fused-ring (bicyclic) bond motifs is 1. The molecule has 3 rings (SSSR count). The quantitative estimate of drug-likeness (QED) is 0.798. The van der Waals surface area contributed by atoms with E-state index in [9.17, 15) is 9.59 Å². The van der Waals surface area contributed by atoms with Crippen molar-refractivity contribution in [3.05, 3.63) is 64.1 Å². The maximum absolute atomic E-state index is 12.3. The van der Waals surface area contributed by atoms with E-state index in [1.54, 1.807) is 19.2 Å². The number of carbonyl (C=O) groups is 1. The van der Waals surface area contributed by atoms with Gasteiger partial charge in [0, 0.05) is 38.9 Å². The van der Waals surface area contributed by atoms with E-state index < -0.39 is 5.76 Å². The normalized spacial score (nSPS) is 10.8. The van der Waals surface area contributed by atoms with Crippen molar-refractivity contribution in [2.24, 2.45) is 7.05 Å². The Hall–Kier alpha value is -3.02. The summed E-state index contributed by atoms with van der Waals surface area (Å²) in [6.45, 7) is 0.375. The van der Waals surface area contributed by atoms with Crippen LogP contribution in [0.25, 0.3) is 11.1 Å². The average molecular weight is 325 g/mol. The van der Waals surface area contributed by atoms with E-state index in [-0.39, 0.29) is 5.91 Å². The maximum Gasteiger partial charge on any atom is 0.419 e. The van der Waals surface area contributed by atoms with E-state index >= 15 is 0 Å². The molecule has 0 aliphatic heterocycles. The molecule has 0 atom stereocenters. The molecule has 2 aromatic carbocycles. The van der Waals surface area contributed by atoms with E-state index in [1.807, 2.05) is 49.3 Å². The summed E-state index contributed by atoms with van der Waals surface area (Å²) in [4.78, 5) is 25.8. The summed E-state index contributed by atoms with van der Waals surface area (Å²) in [5.74, 6) is -0.536. The molecule has 0 aliphatic rings. The third kappa shape index (κ3) is 3.03. The number of anilines is 1. The van der Waals surface area contributed by atoms with E-state index in [2.05, 4.69) is 5.32 Å². The van der Waals surface area contributed by atoms with Crippen molar-refractivity contribution in [1.29, 1.82) is 0 Å². The molecule has 0 saturated carbocycles. The van der Waals surface area contributed by atoms with Crippen molar-refractivity contribution in [3.8, 4) is 0 Å². The lowest BCUT2D eigenvalue weighted by molar-refractivity contribution is 0.0951. The molecule has 3 aromatic rings. The number of amides is 1. The summed E-state index contributed by atoms with van der Waals surface area (Å²) in [5, 5.41) is 2.90. The minimum absolute atomic E-state index is 0.139. The number of hydrogen-bond donors (Lipinski definition) is 1. The zero-order valence-electron chi connectivity index (χ0n) is 13.9. The number of carbonyl (C=O) groups excluding carboxylic acids is 1. The number of nitrogens with zero attached hydrogens (tertiary/aromatic N) is 2. The van der Waals surface area contributed by atoms with Crippen LogP contribution in [0, 0.1) is 0 Å². The Kier molecular flexibility index (Phi) is 4.12. The standard InChI is InChI=1S/C18H19N3O3/c1-20(2)14-6-4-5-13(10-14)17(22)19-11-12-7-8-16-15(9-12)21(3)18(23)24-16/h4-10H,11H2,1-3H3,(H,19,22). The van der Waals surface area contributed by atoms with Crippen molar-refractivity contribution in [3.63, 3.8) is 0 Å². The van der Waals surface area contributed by atoms with Crippen molar-refractivity contribution >= 4 is 22.7 Å². The number of aryl methyl sites for hydroxylation is 1. The molecular weight excluding hydrogens is 306 g/mol. The van der Waals surface area contributed by atoms with Gasteiger partial charge in [-0.2, -0.15) is 0 Å². The molecule has 6 nitrogen and oxygen atoms in total. The highest BCUT2D eigenvalue weighted by atomic mass is 16.4. The summed E-state index contributed by atoms with van der Waals surface area (Å²) < 4.78 is 6.55. The lowest BCUT2D eigenvalue weighted by Crippen LogP contribution is -2.23. The first kappa shape index (κ1) is 15.9. The lowest BCUT2D eigenvalue weighted by atomic mass is 10.1. The maximum atomic E-state index is 12.3. The van der Waals surface area contributed by atoms with Crippen LogP contribution in [0.1, 0.15) is 15.9 Å². The average Bonchev–Trinajstić information content (AvgIpc) is 2.87. The third-order valence-corrected chi connectivity index (χ3v) is 3.93. The molecule has 6 heteroatoms. The van der Waals surface area contributed by atoms with Crippen LogP contribution in [0.2, 0.25) is 0 Å². The topological polar surface area (TPSA) is 67.5 Å². The van der Waals surface area contributed by atoms with Crippen LogP contribution in [-0.2, 0) is 13.6 Å². The zero-order valence-corrected chi connectivity index (χ0v) is 13.9. The van der Waals surface area contributed by atoms with Crippen LogP contribution in [0.3, 0.4) is 0 Å². The van der Waals surface area contributed by atoms with Crippen molar-refractivity contribution in [2.75, 3.05) is 19.0 Å². The summed E-state index contributed by atoms with van der Waals surface area (Å²) in [6.07, 6.45) is 0. The van der Waals surface area contributed by atoms with Crippen LogP contribution in [0.5, 0.6) is 0 Å². The van der Waals surface area contributed by atoms with Gasteiger partial charge in [0.05, 0.1) is 5.52 Å². The Morgan fingerprint density at radius 2 is 2.00 bits per heavy atom. The first-order chi connectivity index (χ1) is 11.5. The van der Waals surface area contributed by atoms with Gasteiger partial charge >= 0.3 is 5.76 Å². The second-order valence-electron chi connectivity index (χ2n) is 5.86. The smallest absolute Gasteiger partial charge is 0.408 e. The molecule has 0 spiro atoms. The minimum atomic E-state index is -0.397. The van der Waals surface area contributed by atoms with Gasteiger partial charge in [-0.3, -0.25) is 9.36 Å². The van der Waals surface area contributed by atoms with E-state index in [0.717, 1.165) is 11.3 Å². The second-order valence-corrected chi connectivity index (χ2v) is 5.86. The minimum Gasteiger partial charge on any atom is -0.408 e. The fourth-order valence-corrected chi connectivity index (χ4v) is 2.49. The van der Waals surface area contributed by atoms with Crippen molar-refractivity contribution in [2.45, 2.75) is 6.54 Å². The Morgan fingerprint density at radius 1 is 1.21 bits per heavy atom. The molecule has 1 heterocycles. The Morgan fingerprint density at radius 3 is 2.75 bits per heavy atom. The summed E-state index contributed by atoms with van der Waals surface area (Å²) >= 11 is 0. The van der Waals surface area contributed by atoms with Gasteiger partial charge in [0.15, 0.2) is 5.58 Å². The van der Waals surface area contributed by atoms with Crippen molar-refractivity contribution in [1.82, 2.24) is 9.88 Å². The lowest BCUT2D eigenvalue weighted by Gasteiger charge is -2.13. The van der Waals surface area contributed by atoms with Gasteiger partial charge in [-0.1, -0.05) is 12.1 Å². The number of rotatable bonds is 4. The fourth-order valence-electron chi connectivity index (χ4n) is 2.49. The molecule has 0 aliphatic carbocycles.